The smallest absolute Gasteiger partial charge is 0.219 e. The third kappa shape index (κ3) is 9.30. The van der Waals surface area contributed by atoms with E-state index in [2.05, 4.69) is 10.8 Å². The molecule has 4 nitrogen and oxygen atoms in total. The number of hydrogen-bond donors (Lipinski definition) is 2. The van der Waals surface area contributed by atoms with Gasteiger partial charge in [-0.3, -0.25) is 9.63 Å². The summed E-state index contributed by atoms with van der Waals surface area (Å²) in [4.78, 5) is 16.1. The Morgan fingerprint density at radius 2 is 2.00 bits per heavy atom. The molecule has 0 saturated carbocycles. The summed E-state index contributed by atoms with van der Waals surface area (Å²) in [5.41, 5.74) is 2.65. The number of hydrogen-bond acceptors (Lipinski definition) is 3. The Morgan fingerprint density at radius 1 is 1.38 bits per heavy atom. The summed E-state index contributed by atoms with van der Waals surface area (Å²) in [6.07, 6.45) is 1.33. The molecule has 0 spiro atoms. The normalized spacial score (nSPS) is 11.4. The molecule has 0 aliphatic carbocycles. The maximum Gasteiger partial charge on any atom is 0.219 e. The SMILES string of the molecule is CNC(=O)CCCNOC(C)(C)C. The van der Waals surface area contributed by atoms with E-state index in [0.717, 1.165) is 6.42 Å². The molecule has 0 aromatic heterocycles. The Kier molecular flexibility index (Phi) is 5.66. The van der Waals surface area contributed by atoms with Crippen LogP contribution in [0.15, 0.2) is 0 Å². The lowest BCUT2D eigenvalue weighted by Crippen LogP contribution is -2.30. The maximum atomic E-state index is 10.8. The second-order valence-corrected chi connectivity index (χ2v) is 3.89. The molecule has 0 aromatic rings. The lowest BCUT2D eigenvalue weighted by Gasteiger charge is -2.19. The van der Waals surface area contributed by atoms with Crippen molar-refractivity contribution >= 4 is 5.91 Å². The molecule has 78 valence electrons. The van der Waals surface area contributed by atoms with Gasteiger partial charge in [0.2, 0.25) is 5.91 Å². The Hall–Kier alpha value is -0.610. The third-order valence-electron chi connectivity index (χ3n) is 1.34. The summed E-state index contributed by atoms with van der Waals surface area (Å²) in [7, 11) is 1.64. The molecule has 4 heteroatoms. The van der Waals surface area contributed by atoms with Crippen LogP contribution in [-0.4, -0.2) is 25.1 Å². The molecule has 0 saturated heterocycles. The predicted molar refractivity (Wildman–Crippen MR) is 52.1 cm³/mol. The molecule has 0 bridgehead atoms. The van der Waals surface area contributed by atoms with Gasteiger partial charge >= 0.3 is 0 Å². The summed E-state index contributed by atoms with van der Waals surface area (Å²) >= 11 is 0. The highest BCUT2D eigenvalue weighted by molar-refractivity contribution is 5.75. The minimum atomic E-state index is -0.174. The Labute approximate surface area is 80.0 Å². The first-order valence-electron chi connectivity index (χ1n) is 4.57. The Bertz CT molecular complexity index is 152. The number of amides is 1. The van der Waals surface area contributed by atoms with Crippen molar-refractivity contribution in [3.8, 4) is 0 Å². The van der Waals surface area contributed by atoms with E-state index in [0.29, 0.717) is 13.0 Å². The van der Waals surface area contributed by atoms with Crippen LogP contribution in [0.3, 0.4) is 0 Å². The third-order valence-corrected chi connectivity index (χ3v) is 1.34. The monoisotopic (exact) mass is 188 g/mol. The van der Waals surface area contributed by atoms with Crippen LogP contribution >= 0.6 is 0 Å². The van der Waals surface area contributed by atoms with Crippen LogP contribution < -0.4 is 10.8 Å². The minimum Gasteiger partial charge on any atom is -0.359 e. The lowest BCUT2D eigenvalue weighted by molar-refractivity contribution is -0.121. The first-order valence-corrected chi connectivity index (χ1v) is 4.57. The van der Waals surface area contributed by atoms with Crippen molar-refractivity contribution in [1.29, 1.82) is 0 Å². The van der Waals surface area contributed by atoms with E-state index < -0.39 is 0 Å². The van der Waals surface area contributed by atoms with E-state index in [4.69, 9.17) is 4.84 Å². The second kappa shape index (κ2) is 5.94. The first kappa shape index (κ1) is 12.4. The zero-order valence-corrected chi connectivity index (χ0v) is 8.94. The summed E-state index contributed by atoms with van der Waals surface area (Å²) in [6.45, 7) is 6.61. The number of hydroxylamine groups is 1. The van der Waals surface area contributed by atoms with Crippen molar-refractivity contribution in [2.24, 2.45) is 0 Å². The fourth-order valence-electron chi connectivity index (χ4n) is 0.714. The van der Waals surface area contributed by atoms with Gasteiger partial charge in [-0.2, -0.15) is 0 Å². The van der Waals surface area contributed by atoms with E-state index in [9.17, 15) is 4.79 Å². The first-order chi connectivity index (χ1) is 5.95. The van der Waals surface area contributed by atoms with Gasteiger partial charge in [0, 0.05) is 20.0 Å². The molecule has 0 rings (SSSR count). The van der Waals surface area contributed by atoms with Gasteiger partial charge in [-0.15, -0.1) is 0 Å². The number of rotatable bonds is 5. The fourth-order valence-corrected chi connectivity index (χ4v) is 0.714. The standard InChI is InChI=1S/C9H20N2O2/c1-9(2,3)13-11-7-5-6-8(12)10-4/h11H,5-7H2,1-4H3,(H,10,12). The number of nitrogens with one attached hydrogen (secondary N) is 2. The van der Waals surface area contributed by atoms with Crippen molar-refractivity contribution in [2.75, 3.05) is 13.6 Å². The Morgan fingerprint density at radius 3 is 2.46 bits per heavy atom. The van der Waals surface area contributed by atoms with Gasteiger partial charge in [0.25, 0.3) is 0 Å². The number of carbonyl (C=O) groups excluding carboxylic acids is 1. The molecule has 0 aliphatic heterocycles. The highest BCUT2D eigenvalue weighted by atomic mass is 16.7. The molecule has 13 heavy (non-hydrogen) atoms. The zero-order chi connectivity index (χ0) is 10.3. The van der Waals surface area contributed by atoms with Crippen molar-refractivity contribution in [3.05, 3.63) is 0 Å². The second-order valence-electron chi connectivity index (χ2n) is 3.89. The number of carbonyl (C=O) groups is 1. The summed E-state index contributed by atoms with van der Waals surface area (Å²) in [6, 6.07) is 0. The van der Waals surface area contributed by atoms with Crippen molar-refractivity contribution in [2.45, 2.75) is 39.2 Å². The van der Waals surface area contributed by atoms with Gasteiger partial charge < -0.3 is 5.32 Å². The molecule has 0 radical (unpaired) electrons. The lowest BCUT2D eigenvalue weighted by atomic mass is 10.2. The van der Waals surface area contributed by atoms with Gasteiger partial charge in [-0.25, -0.2) is 5.48 Å². The van der Waals surface area contributed by atoms with E-state index in [-0.39, 0.29) is 11.5 Å². The van der Waals surface area contributed by atoms with Crippen LogP contribution in [0.25, 0.3) is 0 Å². The molecule has 0 aliphatic rings. The summed E-state index contributed by atoms with van der Waals surface area (Å²) < 4.78 is 0. The molecule has 0 unspecified atom stereocenters. The molecule has 0 fully saturated rings. The molecule has 0 aromatic carbocycles. The van der Waals surface area contributed by atoms with Crippen LogP contribution in [-0.2, 0) is 9.63 Å². The average Bonchev–Trinajstić information content (AvgIpc) is 2.01. The fraction of sp³-hybridized carbons (Fsp3) is 0.889. The molecule has 2 N–H and O–H groups in total. The van der Waals surface area contributed by atoms with Crippen LogP contribution in [0.1, 0.15) is 33.6 Å². The average molecular weight is 188 g/mol. The van der Waals surface area contributed by atoms with E-state index in [1.807, 2.05) is 20.8 Å². The highest BCUT2D eigenvalue weighted by Crippen LogP contribution is 2.03. The van der Waals surface area contributed by atoms with Crippen LogP contribution in [0.4, 0.5) is 0 Å². The molecule has 1 amide bonds. The summed E-state index contributed by atoms with van der Waals surface area (Å²) in [5.74, 6) is 0.0672. The van der Waals surface area contributed by atoms with Gasteiger partial charge in [-0.1, -0.05) is 0 Å². The predicted octanol–water partition coefficient (Wildman–Crippen LogP) is 0.832. The molecule has 0 atom stereocenters. The maximum absolute atomic E-state index is 10.8. The van der Waals surface area contributed by atoms with E-state index in [1.54, 1.807) is 7.05 Å². The molecule has 0 heterocycles. The highest BCUT2D eigenvalue weighted by Gasteiger charge is 2.09. The Balaban J connectivity index is 3.22. The van der Waals surface area contributed by atoms with Crippen LogP contribution in [0.2, 0.25) is 0 Å². The van der Waals surface area contributed by atoms with Crippen molar-refractivity contribution < 1.29 is 9.63 Å². The molecular weight excluding hydrogens is 168 g/mol. The molecular formula is C9H20N2O2. The minimum absolute atomic E-state index is 0.0672. The van der Waals surface area contributed by atoms with Crippen molar-refractivity contribution in [3.63, 3.8) is 0 Å². The van der Waals surface area contributed by atoms with Gasteiger partial charge in [-0.05, 0) is 27.2 Å². The summed E-state index contributed by atoms with van der Waals surface area (Å²) in [5, 5.41) is 2.56. The van der Waals surface area contributed by atoms with Crippen molar-refractivity contribution in [1.82, 2.24) is 10.8 Å². The van der Waals surface area contributed by atoms with Crippen LogP contribution in [0, 0.1) is 0 Å². The topological polar surface area (TPSA) is 50.4 Å². The quantitative estimate of drug-likeness (QED) is 0.496. The van der Waals surface area contributed by atoms with Crippen LogP contribution in [0.5, 0.6) is 0 Å². The largest absolute Gasteiger partial charge is 0.359 e. The van der Waals surface area contributed by atoms with Gasteiger partial charge in [0.1, 0.15) is 0 Å². The van der Waals surface area contributed by atoms with Gasteiger partial charge in [0.15, 0.2) is 0 Å². The van der Waals surface area contributed by atoms with Gasteiger partial charge in [0.05, 0.1) is 5.60 Å². The van der Waals surface area contributed by atoms with E-state index >= 15 is 0 Å². The van der Waals surface area contributed by atoms with E-state index in [1.165, 1.54) is 0 Å². The zero-order valence-electron chi connectivity index (χ0n) is 8.94.